The Labute approximate surface area is 116 Å². The van der Waals surface area contributed by atoms with Crippen molar-refractivity contribution in [1.82, 2.24) is 14.8 Å². The maximum absolute atomic E-state index is 11.7. The third-order valence-corrected chi connectivity index (χ3v) is 3.09. The SMILES string of the molecule is CCOC(=O)c1cc2cnn(Cc3ccccc3)c2[nH]1. The van der Waals surface area contributed by atoms with Crippen molar-refractivity contribution in [3.05, 3.63) is 53.9 Å². The molecule has 3 rings (SSSR count). The molecule has 5 heteroatoms. The number of carbonyl (C=O) groups is 1. The van der Waals surface area contributed by atoms with Crippen LogP contribution in [-0.4, -0.2) is 27.3 Å². The number of nitrogens with one attached hydrogen (secondary N) is 1. The third kappa shape index (κ3) is 2.30. The monoisotopic (exact) mass is 269 g/mol. The van der Waals surface area contributed by atoms with Crippen LogP contribution >= 0.6 is 0 Å². The molecule has 0 spiro atoms. The number of ether oxygens (including phenoxy) is 1. The van der Waals surface area contributed by atoms with Crippen LogP contribution in [0, 0.1) is 0 Å². The molecular formula is C15H15N3O2. The van der Waals surface area contributed by atoms with E-state index < -0.39 is 0 Å². The van der Waals surface area contributed by atoms with Crippen LogP contribution in [0.1, 0.15) is 23.0 Å². The Hall–Kier alpha value is -2.56. The topological polar surface area (TPSA) is 59.9 Å². The van der Waals surface area contributed by atoms with Crippen LogP contribution < -0.4 is 0 Å². The van der Waals surface area contributed by atoms with E-state index in [4.69, 9.17) is 4.74 Å². The zero-order valence-corrected chi connectivity index (χ0v) is 11.2. The van der Waals surface area contributed by atoms with E-state index in [1.165, 1.54) is 0 Å². The molecule has 0 saturated heterocycles. The number of nitrogens with zero attached hydrogens (tertiary/aromatic N) is 2. The number of esters is 1. The molecule has 20 heavy (non-hydrogen) atoms. The highest BCUT2D eigenvalue weighted by molar-refractivity contribution is 5.93. The van der Waals surface area contributed by atoms with Gasteiger partial charge in [-0.1, -0.05) is 30.3 Å². The number of hydrogen-bond acceptors (Lipinski definition) is 3. The van der Waals surface area contributed by atoms with E-state index in [0.717, 1.165) is 16.6 Å². The molecular weight excluding hydrogens is 254 g/mol. The van der Waals surface area contributed by atoms with E-state index in [1.807, 2.05) is 35.0 Å². The Morgan fingerprint density at radius 2 is 2.15 bits per heavy atom. The van der Waals surface area contributed by atoms with Crippen molar-refractivity contribution < 1.29 is 9.53 Å². The predicted octanol–water partition coefficient (Wildman–Crippen LogP) is 2.59. The van der Waals surface area contributed by atoms with Gasteiger partial charge in [0.25, 0.3) is 0 Å². The van der Waals surface area contributed by atoms with Gasteiger partial charge in [0.1, 0.15) is 11.3 Å². The van der Waals surface area contributed by atoms with Crippen LogP contribution in [0.25, 0.3) is 11.0 Å². The van der Waals surface area contributed by atoms with Gasteiger partial charge in [-0.05, 0) is 18.6 Å². The van der Waals surface area contributed by atoms with Gasteiger partial charge in [-0.2, -0.15) is 5.10 Å². The van der Waals surface area contributed by atoms with E-state index >= 15 is 0 Å². The minimum Gasteiger partial charge on any atom is -0.461 e. The van der Waals surface area contributed by atoms with Crippen molar-refractivity contribution in [2.75, 3.05) is 6.61 Å². The molecule has 0 fully saturated rings. The van der Waals surface area contributed by atoms with Gasteiger partial charge in [0.15, 0.2) is 0 Å². The first-order valence-electron chi connectivity index (χ1n) is 6.53. The molecule has 0 aliphatic rings. The molecule has 3 aromatic rings. The number of benzene rings is 1. The van der Waals surface area contributed by atoms with E-state index in [-0.39, 0.29) is 5.97 Å². The van der Waals surface area contributed by atoms with E-state index in [2.05, 4.69) is 10.1 Å². The van der Waals surface area contributed by atoms with Crippen LogP contribution in [0.2, 0.25) is 0 Å². The Kier molecular flexibility index (Phi) is 3.25. The lowest BCUT2D eigenvalue weighted by Crippen LogP contribution is -2.06. The summed E-state index contributed by atoms with van der Waals surface area (Å²) in [6.45, 7) is 2.81. The van der Waals surface area contributed by atoms with Crippen molar-refractivity contribution >= 4 is 17.0 Å². The lowest BCUT2D eigenvalue weighted by molar-refractivity contribution is 0.0520. The predicted molar refractivity (Wildman–Crippen MR) is 75.6 cm³/mol. The highest BCUT2D eigenvalue weighted by atomic mass is 16.5. The fourth-order valence-electron chi connectivity index (χ4n) is 2.16. The quantitative estimate of drug-likeness (QED) is 0.740. The van der Waals surface area contributed by atoms with Crippen molar-refractivity contribution in [3.63, 3.8) is 0 Å². The fraction of sp³-hybridized carbons (Fsp3) is 0.200. The fourth-order valence-corrected chi connectivity index (χ4v) is 2.16. The Bertz CT molecular complexity index is 728. The number of H-pyrrole nitrogens is 1. The number of carbonyl (C=O) groups excluding carboxylic acids is 1. The molecule has 0 unspecified atom stereocenters. The number of rotatable bonds is 4. The average Bonchev–Trinajstić information content (AvgIpc) is 3.02. The smallest absolute Gasteiger partial charge is 0.354 e. The van der Waals surface area contributed by atoms with E-state index in [1.54, 1.807) is 19.2 Å². The zero-order chi connectivity index (χ0) is 13.9. The molecule has 2 aromatic heterocycles. The van der Waals surface area contributed by atoms with Crippen LogP contribution in [0.5, 0.6) is 0 Å². The second-order valence-corrected chi connectivity index (χ2v) is 4.50. The molecule has 0 aliphatic carbocycles. The summed E-state index contributed by atoms with van der Waals surface area (Å²) >= 11 is 0. The normalized spacial score (nSPS) is 10.8. The molecule has 0 atom stereocenters. The molecule has 0 amide bonds. The molecule has 0 aliphatic heterocycles. The summed E-state index contributed by atoms with van der Waals surface area (Å²) in [7, 11) is 0. The van der Waals surface area contributed by atoms with Gasteiger partial charge < -0.3 is 9.72 Å². The van der Waals surface area contributed by atoms with Crippen LogP contribution in [0.4, 0.5) is 0 Å². The summed E-state index contributed by atoms with van der Waals surface area (Å²) in [6.07, 6.45) is 1.75. The molecule has 0 saturated carbocycles. The maximum Gasteiger partial charge on any atom is 0.354 e. The Balaban J connectivity index is 1.91. The Morgan fingerprint density at radius 1 is 1.35 bits per heavy atom. The van der Waals surface area contributed by atoms with Gasteiger partial charge in [-0.25, -0.2) is 9.48 Å². The number of aromatic amines is 1. The standard InChI is InChI=1S/C15H15N3O2/c1-2-20-15(19)13-8-12-9-16-18(14(12)17-13)10-11-6-4-3-5-7-11/h3-9,17H,2,10H2,1H3. The van der Waals surface area contributed by atoms with E-state index in [0.29, 0.717) is 18.8 Å². The molecule has 2 heterocycles. The van der Waals surface area contributed by atoms with Crippen LogP contribution in [0.15, 0.2) is 42.6 Å². The van der Waals surface area contributed by atoms with Crippen molar-refractivity contribution in [3.8, 4) is 0 Å². The molecule has 0 bridgehead atoms. The van der Waals surface area contributed by atoms with Crippen LogP contribution in [-0.2, 0) is 11.3 Å². The van der Waals surface area contributed by atoms with Gasteiger partial charge in [-0.3, -0.25) is 0 Å². The second-order valence-electron chi connectivity index (χ2n) is 4.50. The minimum atomic E-state index is -0.338. The highest BCUT2D eigenvalue weighted by Crippen LogP contribution is 2.16. The van der Waals surface area contributed by atoms with Gasteiger partial charge in [-0.15, -0.1) is 0 Å². The summed E-state index contributed by atoms with van der Waals surface area (Å²) in [5.41, 5.74) is 2.45. The van der Waals surface area contributed by atoms with Gasteiger partial charge in [0.05, 0.1) is 19.3 Å². The van der Waals surface area contributed by atoms with Crippen molar-refractivity contribution in [2.45, 2.75) is 13.5 Å². The molecule has 102 valence electrons. The summed E-state index contributed by atoms with van der Waals surface area (Å²) in [5.74, 6) is -0.338. The van der Waals surface area contributed by atoms with Gasteiger partial charge >= 0.3 is 5.97 Å². The number of aromatic nitrogens is 3. The van der Waals surface area contributed by atoms with E-state index in [9.17, 15) is 4.79 Å². The molecule has 0 radical (unpaired) electrons. The number of hydrogen-bond donors (Lipinski definition) is 1. The summed E-state index contributed by atoms with van der Waals surface area (Å²) in [5, 5.41) is 5.24. The second kappa shape index (κ2) is 5.21. The summed E-state index contributed by atoms with van der Waals surface area (Å²) < 4.78 is 6.83. The first kappa shape index (κ1) is 12.5. The molecule has 5 nitrogen and oxygen atoms in total. The van der Waals surface area contributed by atoms with Gasteiger partial charge in [0, 0.05) is 5.39 Å². The Morgan fingerprint density at radius 3 is 2.90 bits per heavy atom. The summed E-state index contributed by atoms with van der Waals surface area (Å²) in [6, 6.07) is 11.8. The largest absolute Gasteiger partial charge is 0.461 e. The maximum atomic E-state index is 11.7. The van der Waals surface area contributed by atoms with Crippen molar-refractivity contribution in [1.29, 1.82) is 0 Å². The lowest BCUT2D eigenvalue weighted by Gasteiger charge is -2.02. The first-order chi connectivity index (χ1) is 9.78. The van der Waals surface area contributed by atoms with Crippen LogP contribution in [0.3, 0.4) is 0 Å². The molecule has 1 aromatic carbocycles. The average molecular weight is 269 g/mol. The molecule has 1 N–H and O–H groups in total. The first-order valence-corrected chi connectivity index (χ1v) is 6.53. The third-order valence-electron chi connectivity index (χ3n) is 3.09. The highest BCUT2D eigenvalue weighted by Gasteiger charge is 2.13. The number of fused-ring (bicyclic) bond motifs is 1. The lowest BCUT2D eigenvalue weighted by atomic mass is 10.2. The summed E-state index contributed by atoms with van der Waals surface area (Å²) in [4.78, 5) is 14.8. The van der Waals surface area contributed by atoms with Crippen molar-refractivity contribution in [2.24, 2.45) is 0 Å². The van der Waals surface area contributed by atoms with Gasteiger partial charge in [0.2, 0.25) is 0 Å². The zero-order valence-electron chi connectivity index (χ0n) is 11.2. The minimum absolute atomic E-state index is 0.338.